The van der Waals surface area contributed by atoms with Crippen molar-refractivity contribution in [1.29, 1.82) is 0 Å². The summed E-state index contributed by atoms with van der Waals surface area (Å²) in [5.74, 6) is -0.317. The monoisotopic (exact) mass is 281 g/mol. The van der Waals surface area contributed by atoms with Crippen LogP contribution >= 0.6 is 0 Å². The average molecular weight is 281 g/mol. The van der Waals surface area contributed by atoms with Gasteiger partial charge in [0.05, 0.1) is 0 Å². The Labute approximate surface area is 119 Å². The predicted molar refractivity (Wildman–Crippen MR) is 73.9 cm³/mol. The van der Waals surface area contributed by atoms with Crippen molar-refractivity contribution in [2.24, 2.45) is 5.92 Å². The van der Waals surface area contributed by atoms with Gasteiger partial charge in [0.15, 0.2) is 0 Å². The van der Waals surface area contributed by atoms with Crippen molar-refractivity contribution in [2.75, 3.05) is 26.2 Å². The van der Waals surface area contributed by atoms with E-state index in [0.29, 0.717) is 12.5 Å². The van der Waals surface area contributed by atoms with E-state index in [0.717, 1.165) is 32.4 Å². The minimum absolute atomic E-state index is 0.0220. The molecule has 0 aromatic carbocycles. The van der Waals surface area contributed by atoms with E-state index in [-0.39, 0.29) is 16.7 Å². The number of hydrogen-bond acceptors (Lipinski definition) is 4. The molecule has 0 aromatic rings. The van der Waals surface area contributed by atoms with Gasteiger partial charge in [0.2, 0.25) is 11.9 Å². The minimum atomic E-state index is -0.611. The second-order valence-corrected chi connectivity index (χ2v) is 6.35. The summed E-state index contributed by atoms with van der Waals surface area (Å²) in [6.45, 7) is 3.96. The summed E-state index contributed by atoms with van der Waals surface area (Å²) in [6, 6.07) is 0.000877. The minimum Gasteiger partial charge on any atom is -0.342 e. The lowest BCUT2D eigenvalue weighted by Gasteiger charge is -2.26. The molecule has 20 heavy (non-hydrogen) atoms. The van der Waals surface area contributed by atoms with Gasteiger partial charge in [-0.2, -0.15) is 0 Å². The summed E-state index contributed by atoms with van der Waals surface area (Å²) in [4.78, 5) is 27.1. The standard InChI is InChI=1S/C14H23N3O3/c18-14(12-10-13(12)17(19)20)16-8-3-4-11(5-9-16)15-6-1-2-7-15/h11-13H,1-10H2. The molecule has 0 bridgehead atoms. The van der Waals surface area contributed by atoms with Gasteiger partial charge < -0.3 is 9.80 Å². The van der Waals surface area contributed by atoms with Crippen molar-refractivity contribution < 1.29 is 9.72 Å². The van der Waals surface area contributed by atoms with Crippen LogP contribution in [0.4, 0.5) is 0 Å². The molecule has 2 heterocycles. The Bertz CT molecular complexity index is 395. The third-order valence-electron chi connectivity index (χ3n) is 5.01. The molecule has 0 aromatic heterocycles. The Hall–Kier alpha value is -1.17. The molecule has 1 aliphatic carbocycles. The Kier molecular flexibility index (Phi) is 3.92. The second kappa shape index (κ2) is 5.68. The zero-order valence-corrected chi connectivity index (χ0v) is 11.9. The third kappa shape index (κ3) is 2.80. The predicted octanol–water partition coefficient (Wildman–Crippen LogP) is 1.13. The lowest BCUT2D eigenvalue weighted by atomic mass is 10.1. The Balaban J connectivity index is 1.52. The van der Waals surface area contributed by atoms with Gasteiger partial charge >= 0.3 is 0 Å². The number of rotatable bonds is 3. The topological polar surface area (TPSA) is 66.7 Å². The van der Waals surface area contributed by atoms with Crippen molar-refractivity contribution in [1.82, 2.24) is 9.80 Å². The summed E-state index contributed by atoms with van der Waals surface area (Å²) >= 11 is 0. The Morgan fingerprint density at radius 3 is 2.45 bits per heavy atom. The van der Waals surface area contributed by atoms with E-state index in [4.69, 9.17) is 0 Å². The van der Waals surface area contributed by atoms with E-state index in [1.807, 2.05) is 4.90 Å². The number of nitrogens with zero attached hydrogens (tertiary/aromatic N) is 3. The average Bonchev–Trinajstić information content (AvgIpc) is 3.14. The molecule has 2 aliphatic heterocycles. The first kappa shape index (κ1) is 13.8. The van der Waals surface area contributed by atoms with Gasteiger partial charge in [-0.05, 0) is 45.2 Å². The first-order valence-electron chi connectivity index (χ1n) is 7.83. The van der Waals surface area contributed by atoms with Gasteiger partial charge in [0.1, 0.15) is 5.92 Å². The van der Waals surface area contributed by atoms with Crippen LogP contribution in [0.5, 0.6) is 0 Å². The summed E-state index contributed by atoms with van der Waals surface area (Å²) in [6.07, 6.45) is 6.26. The van der Waals surface area contributed by atoms with Crippen LogP contribution in [-0.4, -0.2) is 58.9 Å². The van der Waals surface area contributed by atoms with Crippen molar-refractivity contribution in [2.45, 2.75) is 50.6 Å². The number of hydrogen-bond donors (Lipinski definition) is 0. The molecule has 0 N–H and O–H groups in total. The van der Waals surface area contributed by atoms with E-state index < -0.39 is 6.04 Å². The number of likely N-dealkylation sites (tertiary alicyclic amines) is 2. The van der Waals surface area contributed by atoms with Crippen LogP contribution in [0, 0.1) is 16.0 Å². The molecule has 3 fully saturated rings. The normalized spacial score (nSPS) is 34.8. The number of carbonyl (C=O) groups is 1. The first-order chi connectivity index (χ1) is 9.66. The maximum atomic E-state index is 12.3. The maximum absolute atomic E-state index is 12.3. The lowest BCUT2D eigenvalue weighted by molar-refractivity contribution is -0.497. The van der Waals surface area contributed by atoms with Crippen LogP contribution in [0.1, 0.15) is 38.5 Å². The molecule has 3 atom stereocenters. The van der Waals surface area contributed by atoms with Crippen molar-refractivity contribution in [3.63, 3.8) is 0 Å². The third-order valence-corrected chi connectivity index (χ3v) is 5.01. The number of amides is 1. The fourth-order valence-corrected chi connectivity index (χ4v) is 3.69. The van der Waals surface area contributed by atoms with Gasteiger partial charge in [-0.1, -0.05) is 0 Å². The van der Waals surface area contributed by atoms with Crippen molar-refractivity contribution in [3.8, 4) is 0 Å². The molecule has 6 heteroatoms. The van der Waals surface area contributed by atoms with Crippen LogP contribution in [-0.2, 0) is 4.79 Å². The van der Waals surface area contributed by atoms with E-state index in [1.54, 1.807) is 0 Å². The van der Waals surface area contributed by atoms with Crippen molar-refractivity contribution in [3.05, 3.63) is 10.1 Å². The van der Waals surface area contributed by atoms with E-state index in [1.165, 1.54) is 25.9 Å². The molecular formula is C14H23N3O3. The Morgan fingerprint density at radius 2 is 1.80 bits per heavy atom. The van der Waals surface area contributed by atoms with Gasteiger partial charge in [0, 0.05) is 30.5 Å². The highest BCUT2D eigenvalue weighted by Gasteiger charge is 2.54. The lowest BCUT2D eigenvalue weighted by Crippen LogP contribution is -2.36. The molecule has 1 amide bonds. The summed E-state index contributed by atoms with van der Waals surface area (Å²) < 4.78 is 0. The van der Waals surface area contributed by atoms with E-state index in [9.17, 15) is 14.9 Å². The SMILES string of the molecule is O=C(C1CC1[N+](=O)[O-])N1CCCC(N2CCCC2)CC1. The number of carbonyl (C=O) groups excluding carboxylic acids is 1. The molecule has 2 saturated heterocycles. The zero-order chi connectivity index (χ0) is 14.1. The second-order valence-electron chi connectivity index (χ2n) is 6.35. The smallest absolute Gasteiger partial charge is 0.232 e. The van der Waals surface area contributed by atoms with Crippen LogP contribution in [0.3, 0.4) is 0 Å². The van der Waals surface area contributed by atoms with E-state index in [2.05, 4.69) is 4.90 Å². The fraction of sp³-hybridized carbons (Fsp3) is 0.929. The summed E-state index contributed by atoms with van der Waals surface area (Å²) in [5, 5.41) is 10.7. The molecule has 0 radical (unpaired) electrons. The van der Waals surface area contributed by atoms with Gasteiger partial charge in [-0.3, -0.25) is 14.9 Å². The molecule has 3 unspecified atom stereocenters. The van der Waals surface area contributed by atoms with Crippen LogP contribution in [0.25, 0.3) is 0 Å². The molecule has 6 nitrogen and oxygen atoms in total. The highest BCUT2D eigenvalue weighted by Crippen LogP contribution is 2.35. The van der Waals surface area contributed by atoms with Crippen molar-refractivity contribution >= 4 is 5.91 Å². The number of nitro groups is 1. The molecular weight excluding hydrogens is 258 g/mol. The summed E-state index contributed by atoms with van der Waals surface area (Å²) in [7, 11) is 0. The quantitative estimate of drug-likeness (QED) is 0.574. The zero-order valence-electron chi connectivity index (χ0n) is 11.9. The van der Waals surface area contributed by atoms with E-state index >= 15 is 0 Å². The highest BCUT2D eigenvalue weighted by molar-refractivity contribution is 5.82. The van der Waals surface area contributed by atoms with Gasteiger partial charge in [0.25, 0.3) is 0 Å². The fourth-order valence-electron chi connectivity index (χ4n) is 3.69. The molecule has 0 spiro atoms. The van der Waals surface area contributed by atoms with Gasteiger partial charge in [-0.15, -0.1) is 0 Å². The first-order valence-corrected chi connectivity index (χ1v) is 7.83. The summed E-state index contributed by atoms with van der Waals surface area (Å²) in [5.41, 5.74) is 0. The Morgan fingerprint density at radius 1 is 1.05 bits per heavy atom. The molecule has 3 aliphatic rings. The molecule has 112 valence electrons. The van der Waals surface area contributed by atoms with Crippen LogP contribution in [0.2, 0.25) is 0 Å². The largest absolute Gasteiger partial charge is 0.342 e. The van der Waals surface area contributed by atoms with Crippen LogP contribution in [0.15, 0.2) is 0 Å². The maximum Gasteiger partial charge on any atom is 0.232 e. The highest BCUT2D eigenvalue weighted by atomic mass is 16.6. The van der Waals surface area contributed by atoms with Gasteiger partial charge in [-0.25, -0.2) is 0 Å². The molecule has 1 saturated carbocycles. The molecule has 3 rings (SSSR count). The van der Waals surface area contributed by atoms with Crippen LogP contribution < -0.4 is 0 Å².